The molecule has 0 unspecified atom stereocenters. The van der Waals surface area contributed by atoms with E-state index in [1.165, 1.54) is 0 Å². The maximum absolute atomic E-state index is 13.2. The number of halogens is 1. The van der Waals surface area contributed by atoms with Crippen LogP contribution in [0.15, 0.2) is 54.3 Å². The molecule has 0 aliphatic heterocycles. The van der Waals surface area contributed by atoms with E-state index < -0.39 is 17.0 Å². The van der Waals surface area contributed by atoms with Crippen LogP contribution in [0.2, 0.25) is 5.02 Å². The third-order valence-corrected chi connectivity index (χ3v) is 5.63. The smallest absolute Gasteiger partial charge is 0.180 e. The highest BCUT2D eigenvalue weighted by molar-refractivity contribution is 6.37. The fraction of sp³-hybridized carbons (Fsp3) is 0.250. The third kappa shape index (κ3) is 3.38. The number of aryl methyl sites for hydroxylation is 1. The van der Waals surface area contributed by atoms with E-state index >= 15 is 0 Å². The van der Waals surface area contributed by atoms with Crippen LogP contribution in [0.4, 0.5) is 0 Å². The third-order valence-electron chi connectivity index (χ3n) is 5.39. The molecule has 0 aromatic heterocycles. The summed E-state index contributed by atoms with van der Waals surface area (Å²) in [6.45, 7) is 8.81. The average molecular weight is 411 g/mol. The van der Waals surface area contributed by atoms with E-state index in [0.29, 0.717) is 22.8 Å². The zero-order chi connectivity index (χ0) is 21.5. The van der Waals surface area contributed by atoms with Crippen molar-refractivity contribution in [2.24, 2.45) is 5.41 Å². The highest BCUT2D eigenvalue weighted by Gasteiger charge is 2.46. The zero-order valence-corrected chi connectivity index (χ0v) is 17.7. The Hall–Kier alpha value is -2.85. The van der Waals surface area contributed by atoms with Crippen molar-refractivity contribution in [2.75, 3.05) is 7.11 Å². The molecule has 1 aliphatic carbocycles. The number of methoxy groups -OCH3 is 1. The number of carbonyl (C=O) groups is 2. The van der Waals surface area contributed by atoms with Crippen LogP contribution in [0, 0.1) is 5.41 Å². The SMILES string of the molecule is C=C1C(=O)C(C)(C)C(=O)C(c2cc(-c3ccc(Cl)cc3OC)ccc2CC)=C1O. The van der Waals surface area contributed by atoms with Gasteiger partial charge >= 0.3 is 0 Å². The standard InChI is InChI=1S/C24H23ClO4/c1-6-14-7-8-15(17-10-9-16(25)12-19(17)29-5)11-18(14)20-21(26)13(2)22(27)24(3,4)23(20)28/h7-12,26H,2,6H2,1,3-5H3. The molecule has 0 fully saturated rings. The second kappa shape index (κ2) is 7.53. The number of hydrogen-bond donors (Lipinski definition) is 1. The molecule has 1 aliphatic rings. The Kier molecular flexibility index (Phi) is 5.42. The van der Waals surface area contributed by atoms with Gasteiger partial charge in [0.2, 0.25) is 0 Å². The second-order valence-corrected chi connectivity index (χ2v) is 7.99. The van der Waals surface area contributed by atoms with Crippen LogP contribution in [0.5, 0.6) is 5.75 Å². The number of hydrogen-bond acceptors (Lipinski definition) is 4. The number of allylic oxidation sites excluding steroid dienone is 2. The highest BCUT2D eigenvalue weighted by Crippen LogP contribution is 2.42. The lowest BCUT2D eigenvalue weighted by molar-refractivity contribution is -0.133. The Morgan fingerprint density at radius 1 is 1.07 bits per heavy atom. The molecular formula is C24H23ClO4. The van der Waals surface area contributed by atoms with Crippen molar-refractivity contribution in [3.8, 4) is 16.9 Å². The van der Waals surface area contributed by atoms with E-state index in [0.717, 1.165) is 16.7 Å². The van der Waals surface area contributed by atoms with E-state index in [4.69, 9.17) is 16.3 Å². The Labute approximate surface area is 175 Å². The van der Waals surface area contributed by atoms with Crippen molar-refractivity contribution in [1.82, 2.24) is 0 Å². The van der Waals surface area contributed by atoms with E-state index in [9.17, 15) is 14.7 Å². The first-order valence-corrected chi connectivity index (χ1v) is 9.70. The average Bonchev–Trinajstić information content (AvgIpc) is 2.71. The normalized spacial score (nSPS) is 16.4. The van der Waals surface area contributed by atoms with Crippen LogP contribution in [0.1, 0.15) is 31.9 Å². The summed E-state index contributed by atoms with van der Waals surface area (Å²) in [5.41, 5.74) is 1.89. The molecule has 2 aromatic rings. The van der Waals surface area contributed by atoms with Gasteiger partial charge in [-0.1, -0.05) is 37.2 Å². The molecule has 29 heavy (non-hydrogen) atoms. The first-order valence-electron chi connectivity index (χ1n) is 9.32. The quantitative estimate of drug-likeness (QED) is 0.527. The highest BCUT2D eigenvalue weighted by atomic mass is 35.5. The van der Waals surface area contributed by atoms with Crippen molar-refractivity contribution in [2.45, 2.75) is 27.2 Å². The minimum absolute atomic E-state index is 0.0406. The molecule has 0 saturated carbocycles. The largest absolute Gasteiger partial charge is 0.506 e. The van der Waals surface area contributed by atoms with Gasteiger partial charge in [-0.05, 0) is 61.2 Å². The fourth-order valence-electron chi connectivity index (χ4n) is 3.60. The Morgan fingerprint density at radius 2 is 1.76 bits per heavy atom. The van der Waals surface area contributed by atoms with Gasteiger partial charge in [-0.2, -0.15) is 0 Å². The van der Waals surface area contributed by atoms with E-state index in [2.05, 4.69) is 6.58 Å². The molecule has 150 valence electrons. The summed E-state index contributed by atoms with van der Waals surface area (Å²) in [6.07, 6.45) is 0.651. The van der Waals surface area contributed by atoms with Crippen molar-refractivity contribution < 1.29 is 19.4 Å². The van der Waals surface area contributed by atoms with E-state index in [-0.39, 0.29) is 16.9 Å². The number of aliphatic hydroxyl groups excluding tert-OH is 1. The molecule has 0 heterocycles. The minimum atomic E-state index is -1.28. The van der Waals surface area contributed by atoms with Gasteiger partial charge < -0.3 is 9.84 Å². The monoisotopic (exact) mass is 410 g/mol. The zero-order valence-electron chi connectivity index (χ0n) is 16.9. The van der Waals surface area contributed by atoms with Crippen LogP contribution in [-0.2, 0) is 16.0 Å². The summed E-state index contributed by atoms with van der Waals surface area (Å²) >= 11 is 6.08. The summed E-state index contributed by atoms with van der Waals surface area (Å²) < 4.78 is 5.46. The van der Waals surface area contributed by atoms with Crippen molar-refractivity contribution in [1.29, 1.82) is 0 Å². The maximum atomic E-state index is 13.2. The van der Waals surface area contributed by atoms with Crippen LogP contribution < -0.4 is 4.74 Å². The molecule has 0 atom stereocenters. The number of benzene rings is 2. The number of rotatable bonds is 4. The number of ether oxygens (including phenoxy) is 1. The lowest BCUT2D eigenvalue weighted by Gasteiger charge is -2.30. The molecule has 2 aromatic carbocycles. The van der Waals surface area contributed by atoms with Crippen LogP contribution >= 0.6 is 11.6 Å². The van der Waals surface area contributed by atoms with E-state index in [1.807, 2.05) is 31.2 Å². The molecule has 1 N–H and O–H groups in total. The van der Waals surface area contributed by atoms with Gasteiger partial charge in [-0.25, -0.2) is 0 Å². The summed E-state index contributed by atoms with van der Waals surface area (Å²) in [6, 6.07) is 11.0. The number of Topliss-reactive ketones (excluding diaryl/α,β-unsaturated/α-hetero) is 2. The molecule has 0 bridgehead atoms. The summed E-state index contributed by atoms with van der Waals surface area (Å²) in [4.78, 5) is 25.6. The summed E-state index contributed by atoms with van der Waals surface area (Å²) in [5.74, 6) is -0.630. The molecule has 0 amide bonds. The molecule has 4 nitrogen and oxygen atoms in total. The van der Waals surface area contributed by atoms with Crippen molar-refractivity contribution >= 4 is 28.7 Å². The van der Waals surface area contributed by atoms with Gasteiger partial charge in [-0.15, -0.1) is 0 Å². The molecule has 5 heteroatoms. The van der Waals surface area contributed by atoms with Crippen LogP contribution in [-0.4, -0.2) is 23.8 Å². The van der Waals surface area contributed by atoms with Crippen molar-refractivity contribution in [3.63, 3.8) is 0 Å². The molecule has 0 radical (unpaired) electrons. The van der Waals surface area contributed by atoms with Crippen LogP contribution in [0.3, 0.4) is 0 Å². The fourth-order valence-corrected chi connectivity index (χ4v) is 3.76. The topological polar surface area (TPSA) is 63.6 Å². The Morgan fingerprint density at radius 3 is 2.38 bits per heavy atom. The first-order chi connectivity index (χ1) is 13.6. The predicted octanol–water partition coefficient (Wildman–Crippen LogP) is 5.58. The number of aliphatic hydroxyl groups is 1. The van der Waals surface area contributed by atoms with Crippen molar-refractivity contribution in [3.05, 3.63) is 70.5 Å². The summed E-state index contributed by atoms with van der Waals surface area (Å²) in [5, 5.41) is 11.2. The van der Waals surface area contributed by atoms with Gasteiger partial charge in [-0.3, -0.25) is 9.59 Å². The molecule has 3 rings (SSSR count). The Balaban J connectivity index is 2.28. The second-order valence-electron chi connectivity index (χ2n) is 7.56. The van der Waals surface area contributed by atoms with Gasteiger partial charge in [0.25, 0.3) is 0 Å². The van der Waals surface area contributed by atoms with Gasteiger partial charge in [0.05, 0.1) is 23.7 Å². The van der Waals surface area contributed by atoms with Gasteiger partial charge in [0.15, 0.2) is 11.6 Å². The van der Waals surface area contributed by atoms with Gasteiger partial charge in [0.1, 0.15) is 11.5 Å². The lowest BCUT2D eigenvalue weighted by Crippen LogP contribution is -2.39. The maximum Gasteiger partial charge on any atom is 0.180 e. The number of carbonyl (C=O) groups excluding carboxylic acids is 2. The Bertz CT molecular complexity index is 1080. The number of ketones is 2. The van der Waals surface area contributed by atoms with Gasteiger partial charge in [0, 0.05) is 10.6 Å². The molecule has 0 saturated heterocycles. The lowest BCUT2D eigenvalue weighted by atomic mass is 9.70. The first kappa shape index (κ1) is 20.9. The predicted molar refractivity (Wildman–Crippen MR) is 115 cm³/mol. The summed E-state index contributed by atoms with van der Waals surface area (Å²) in [7, 11) is 1.56. The van der Waals surface area contributed by atoms with Crippen LogP contribution in [0.25, 0.3) is 16.7 Å². The van der Waals surface area contributed by atoms with E-state index in [1.54, 1.807) is 33.1 Å². The molecule has 0 spiro atoms. The molecular weight excluding hydrogens is 388 g/mol. The minimum Gasteiger partial charge on any atom is -0.506 e.